The maximum Gasteiger partial charge on any atom is 0.336 e. The summed E-state index contributed by atoms with van der Waals surface area (Å²) in [5.74, 6) is 1.21. The van der Waals surface area contributed by atoms with Crippen molar-refractivity contribution >= 4 is 22.3 Å². The van der Waals surface area contributed by atoms with Crippen LogP contribution in [0.2, 0.25) is 0 Å². The van der Waals surface area contributed by atoms with Crippen molar-refractivity contribution in [2.24, 2.45) is 0 Å². The van der Waals surface area contributed by atoms with E-state index in [2.05, 4.69) is 17.1 Å². The second-order valence-electron chi connectivity index (χ2n) is 7.01. The lowest BCUT2D eigenvalue weighted by Crippen LogP contribution is -3.09. The van der Waals surface area contributed by atoms with Crippen LogP contribution < -0.4 is 10.5 Å². The largest absolute Gasteiger partial charge is 0.508 e. The van der Waals surface area contributed by atoms with Crippen molar-refractivity contribution in [3.8, 4) is 16.5 Å². The molecule has 1 atom stereocenters. The number of phenolic OH excluding ortho intramolecular Hbond substituents is 1. The molecule has 0 spiro atoms. The molecule has 8 heteroatoms. The molecule has 150 valence electrons. The second kappa shape index (κ2) is 8.18. The standard InChI is InChI=1S/C21H21N3O4S/c1-3-8-24(12-18-22-23-21(27-18)17-5-4-9-29-17)11-14-10-19(26)28-20-13(2)16(25)7-6-15(14)20/h4-7,9-10,25H,3,8,11-12H2,1-2H3/p+1. The summed E-state index contributed by atoms with van der Waals surface area (Å²) >= 11 is 1.56. The van der Waals surface area contributed by atoms with Crippen LogP contribution in [0.25, 0.3) is 21.7 Å². The Morgan fingerprint density at radius 1 is 1.17 bits per heavy atom. The van der Waals surface area contributed by atoms with Crippen molar-refractivity contribution in [1.82, 2.24) is 10.2 Å². The van der Waals surface area contributed by atoms with Gasteiger partial charge >= 0.3 is 5.63 Å². The number of phenols is 1. The first-order valence-electron chi connectivity index (χ1n) is 9.50. The van der Waals surface area contributed by atoms with Gasteiger partial charge in [0.15, 0.2) is 6.54 Å². The zero-order chi connectivity index (χ0) is 20.4. The van der Waals surface area contributed by atoms with Crippen LogP contribution in [0.4, 0.5) is 0 Å². The molecule has 0 amide bonds. The Bertz CT molecular complexity index is 1180. The molecular weight excluding hydrogens is 390 g/mol. The molecule has 1 aromatic carbocycles. The summed E-state index contributed by atoms with van der Waals surface area (Å²) in [7, 11) is 0. The molecule has 4 rings (SSSR count). The first-order chi connectivity index (χ1) is 14.0. The lowest BCUT2D eigenvalue weighted by molar-refractivity contribution is -0.928. The van der Waals surface area contributed by atoms with E-state index in [0.29, 0.717) is 36.0 Å². The Morgan fingerprint density at radius 3 is 2.79 bits per heavy atom. The molecular formula is C21H22N3O4S+. The molecule has 2 N–H and O–H groups in total. The monoisotopic (exact) mass is 412 g/mol. The van der Waals surface area contributed by atoms with E-state index >= 15 is 0 Å². The van der Waals surface area contributed by atoms with Gasteiger partial charge in [-0.2, -0.15) is 0 Å². The number of nitrogens with one attached hydrogen (secondary N) is 1. The van der Waals surface area contributed by atoms with Crippen molar-refractivity contribution in [1.29, 1.82) is 0 Å². The highest BCUT2D eigenvalue weighted by molar-refractivity contribution is 7.13. The molecule has 29 heavy (non-hydrogen) atoms. The molecule has 0 aliphatic carbocycles. The second-order valence-corrected chi connectivity index (χ2v) is 7.96. The summed E-state index contributed by atoms with van der Waals surface area (Å²) in [4.78, 5) is 14.3. The maximum atomic E-state index is 12.1. The van der Waals surface area contributed by atoms with Gasteiger partial charge in [-0.05, 0) is 36.9 Å². The number of hydrogen-bond donors (Lipinski definition) is 2. The van der Waals surface area contributed by atoms with Crippen molar-refractivity contribution in [3.05, 3.63) is 63.1 Å². The Hall–Kier alpha value is -2.97. The highest BCUT2D eigenvalue weighted by Crippen LogP contribution is 2.27. The van der Waals surface area contributed by atoms with E-state index < -0.39 is 5.63 Å². The lowest BCUT2D eigenvalue weighted by atomic mass is 10.1. The smallest absolute Gasteiger partial charge is 0.336 e. The predicted molar refractivity (Wildman–Crippen MR) is 110 cm³/mol. The van der Waals surface area contributed by atoms with Crippen LogP contribution in [0.1, 0.15) is 30.4 Å². The van der Waals surface area contributed by atoms with Crippen LogP contribution in [0, 0.1) is 6.92 Å². The molecule has 0 fully saturated rings. The van der Waals surface area contributed by atoms with Crippen LogP contribution in [-0.4, -0.2) is 21.8 Å². The van der Waals surface area contributed by atoms with Crippen LogP contribution >= 0.6 is 11.3 Å². The molecule has 0 bridgehead atoms. The predicted octanol–water partition coefficient (Wildman–Crippen LogP) is 2.91. The lowest BCUT2D eigenvalue weighted by Gasteiger charge is -2.18. The van der Waals surface area contributed by atoms with E-state index in [1.54, 1.807) is 30.4 Å². The molecule has 3 heterocycles. The average Bonchev–Trinajstić information content (AvgIpc) is 3.37. The molecule has 7 nitrogen and oxygen atoms in total. The van der Waals surface area contributed by atoms with Gasteiger partial charge in [0.25, 0.3) is 11.8 Å². The minimum atomic E-state index is -0.421. The summed E-state index contributed by atoms with van der Waals surface area (Å²) in [6.07, 6.45) is 0.973. The average molecular weight is 412 g/mol. The van der Waals surface area contributed by atoms with Gasteiger partial charge in [0.05, 0.1) is 11.4 Å². The fourth-order valence-corrected chi connectivity index (χ4v) is 4.11. The van der Waals surface area contributed by atoms with Gasteiger partial charge in [-0.25, -0.2) is 4.79 Å². The molecule has 0 aliphatic rings. The first kappa shape index (κ1) is 19.4. The van der Waals surface area contributed by atoms with E-state index in [9.17, 15) is 9.90 Å². The molecule has 0 radical (unpaired) electrons. The highest BCUT2D eigenvalue weighted by atomic mass is 32.1. The molecule has 0 saturated heterocycles. The van der Waals surface area contributed by atoms with Gasteiger partial charge in [0.2, 0.25) is 0 Å². The molecule has 3 aromatic heterocycles. The Kier molecular flexibility index (Phi) is 5.46. The summed E-state index contributed by atoms with van der Waals surface area (Å²) < 4.78 is 11.2. The van der Waals surface area contributed by atoms with Crippen LogP contribution in [0.3, 0.4) is 0 Å². The van der Waals surface area contributed by atoms with Gasteiger partial charge in [-0.3, -0.25) is 0 Å². The fraction of sp³-hybridized carbons (Fsp3) is 0.286. The number of aromatic hydroxyl groups is 1. The Labute approximate surface area is 171 Å². The fourth-order valence-electron chi connectivity index (χ4n) is 3.46. The minimum absolute atomic E-state index is 0.113. The number of benzene rings is 1. The number of rotatable bonds is 7. The van der Waals surface area contributed by atoms with E-state index in [0.717, 1.165) is 28.8 Å². The van der Waals surface area contributed by atoms with E-state index in [4.69, 9.17) is 8.83 Å². The highest BCUT2D eigenvalue weighted by Gasteiger charge is 2.19. The van der Waals surface area contributed by atoms with Crippen molar-refractivity contribution in [3.63, 3.8) is 0 Å². The Balaban J connectivity index is 1.62. The number of quaternary nitrogens is 1. The van der Waals surface area contributed by atoms with Gasteiger partial charge < -0.3 is 18.8 Å². The third-order valence-electron chi connectivity index (χ3n) is 4.86. The molecule has 4 aromatic rings. The van der Waals surface area contributed by atoms with Crippen LogP contribution in [-0.2, 0) is 13.1 Å². The number of nitrogens with zero attached hydrogens (tertiary/aromatic N) is 2. The maximum absolute atomic E-state index is 12.1. The SMILES string of the molecule is CCC[NH+](Cc1nnc(-c2cccs2)o1)Cc1cc(=O)oc2c(C)c(O)ccc12. The van der Waals surface area contributed by atoms with Crippen LogP contribution in [0.5, 0.6) is 5.75 Å². The first-order valence-corrected chi connectivity index (χ1v) is 10.4. The summed E-state index contributed by atoms with van der Waals surface area (Å²) in [6.45, 7) is 5.91. The molecule has 1 unspecified atom stereocenters. The Morgan fingerprint density at radius 2 is 2.03 bits per heavy atom. The van der Waals surface area contributed by atoms with Gasteiger partial charge in [-0.15, -0.1) is 21.5 Å². The van der Waals surface area contributed by atoms with E-state index in [-0.39, 0.29) is 5.75 Å². The van der Waals surface area contributed by atoms with Gasteiger partial charge in [0.1, 0.15) is 17.9 Å². The van der Waals surface area contributed by atoms with Gasteiger partial charge in [0, 0.05) is 22.6 Å². The number of fused-ring (bicyclic) bond motifs is 1. The number of aryl methyl sites for hydroxylation is 1. The summed E-state index contributed by atoms with van der Waals surface area (Å²) in [5.41, 5.74) is 1.45. The third-order valence-corrected chi connectivity index (χ3v) is 5.72. The number of aromatic nitrogens is 2. The molecule has 0 saturated carbocycles. The zero-order valence-corrected chi connectivity index (χ0v) is 17.1. The molecule has 0 aliphatic heterocycles. The summed E-state index contributed by atoms with van der Waals surface area (Å²) in [5, 5.41) is 21.1. The van der Waals surface area contributed by atoms with Crippen molar-refractivity contribution < 1.29 is 18.8 Å². The van der Waals surface area contributed by atoms with Crippen molar-refractivity contribution in [2.75, 3.05) is 6.54 Å². The summed E-state index contributed by atoms with van der Waals surface area (Å²) in [6, 6.07) is 8.85. The minimum Gasteiger partial charge on any atom is -0.508 e. The quantitative estimate of drug-likeness (QED) is 0.453. The van der Waals surface area contributed by atoms with Gasteiger partial charge in [-0.1, -0.05) is 13.0 Å². The van der Waals surface area contributed by atoms with Crippen molar-refractivity contribution in [2.45, 2.75) is 33.4 Å². The third kappa shape index (κ3) is 4.08. The van der Waals surface area contributed by atoms with E-state index in [1.165, 1.54) is 11.0 Å². The number of hydrogen-bond acceptors (Lipinski definition) is 7. The van der Waals surface area contributed by atoms with Crippen LogP contribution in [0.15, 0.2) is 49.3 Å². The van der Waals surface area contributed by atoms with E-state index in [1.807, 2.05) is 17.5 Å². The number of thiophene rings is 1. The normalized spacial score (nSPS) is 12.5. The topological polar surface area (TPSA) is 93.8 Å². The zero-order valence-electron chi connectivity index (χ0n) is 16.3.